The Hall–Kier alpha value is -0.670. The van der Waals surface area contributed by atoms with E-state index in [1.54, 1.807) is 0 Å². The van der Waals surface area contributed by atoms with Gasteiger partial charge in [0.25, 0.3) is 0 Å². The van der Waals surface area contributed by atoms with Crippen LogP contribution in [0.4, 0.5) is 0 Å². The Morgan fingerprint density at radius 3 is 2.94 bits per heavy atom. The summed E-state index contributed by atoms with van der Waals surface area (Å²) in [6.07, 6.45) is 2.84. The van der Waals surface area contributed by atoms with E-state index in [-0.39, 0.29) is 0 Å². The van der Waals surface area contributed by atoms with Crippen LogP contribution in [0, 0.1) is 0 Å². The first-order valence-electron chi connectivity index (χ1n) is 5.91. The Bertz CT molecular complexity index is 390. The van der Waals surface area contributed by atoms with Gasteiger partial charge in [0, 0.05) is 17.5 Å². The molecule has 3 heteroatoms. The molecule has 2 nitrogen and oxygen atoms in total. The minimum atomic E-state index is 0.449. The van der Waals surface area contributed by atoms with Gasteiger partial charge in [-0.2, -0.15) is 11.8 Å². The standard InChI is InChI=1S/C13H17NOS/c1-14-13-5-2-9-6-10(3-4-12(9)13)15-11-7-16-8-11/h3-4,6,11,13-14H,2,5,7-8H2,1H3. The first-order chi connectivity index (χ1) is 7.86. The highest BCUT2D eigenvalue weighted by molar-refractivity contribution is 8.00. The Balaban J connectivity index is 1.77. The number of hydrogen-bond acceptors (Lipinski definition) is 3. The lowest BCUT2D eigenvalue weighted by Gasteiger charge is -2.26. The fraction of sp³-hybridized carbons (Fsp3) is 0.538. The van der Waals surface area contributed by atoms with Crippen molar-refractivity contribution >= 4 is 11.8 Å². The van der Waals surface area contributed by atoms with Crippen LogP contribution in [0.3, 0.4) is 0 Å². The van der Waals surface area contributed by atoms with Crippen LogP contribution < -0.4 is 10.1 Å². The fourth-order valence-corrected chi connectivity index (χ4v) is 3.01. The average molecular weight is 235 g/mol. The molecule has 1 aliphatic heterocycles. The molecule has 1 aliphatic carbocycles. The minimum absolute atomic E-state index is 0.449. The largest absolute Gasteiger partial charge is 0.489 e. The zero-order chi connectivity index (χ0) is 11.0. The number of ether oxygens (including phenoxy) is 1. The fourth-order valence-electron chi connectivity index (χ4n) is 2.44. The molecule has 2 aliphatic rings. The summed E-state index contributed by atoms with van der Waals surface area (Å²) in [7, 11) is 2.04. The van der Waals surface area contributed by atoms with Gasteiger partial charge < -0.3 is 10.1 Å². The predicted octanol–water partition coefficient (Wildman–Crippen LogP) is 2.39. The second kappa shape index (κ2) is 4.30. The third-order valence-corrected chi connectivity index (χ3v) is 4.67. The molecule has 1 N–H and O–H groups in total. The highest BCUT2D eigenvalue weighted by atomic mass is 32.2. The lowest BCUT2D eigenvalue weighted by Crippen LogP contribution is -2.31. The van der Waals surface area contributed by atoms with Crippen LogP contribution in [0.1, 0.15) is 23.6 Å². The lowest BCUT2D eigenvalue weighted by atomic mass is 10.1. The highest BCUT2D eigenvalue weighted by Gasteiger charge is 2.23. The topological polar surface area (TPSA) is 21.3 Å². The molecule has 86 valence electrons. The van der Waals surface area contributed by atoms with Crippen molar-refractivity contribution in [3.8, 4) is 5.75 Å². The molecule has 1 atom stereocenters. The number of thioether (sulfide) groups is 1. The Kier molecular flexibility index (Phi) is 2.82. The van der Waals surface area contributed by atoms with Gasteiger partial charge in [-0.15, -0.1) is 0 Å². The Morgan fingerprint density at radius 1 is 1.38 bits per heavy atom. The molecule has 1 aromatic rings. The quantitative estimate of drug-likeness (QED) is 0.869. The van der Waals surface area contributed by atoms with Crippen LogP contribution in [-0.2, 0) is 6.42 Å². The van der Waals surface area contributed by atoms with Gasteiger partial charge in [0.1, 0.15) is 11.9 Å². The highest BCUT2D eigenvalue weighted by Crippen LogP contribution is 2.34. The van der Waals surface area contributed by atoms with Crippen LogP contribution in [0.2, 0.25) is 0 Å². The van der Waals surface area contributed by atoms with E-state index in [2.05, 4.69) is 23.5 Å². The number of rotatable bonds is 3. The van der Waals surface area contributed by atoms with Crippen LogP contribution in [-0.4, -0.2) is 24.7 Å². The molecule has 0 amide bonds. The van der Waals surface area contributed by atoms with Gasteiger partial charge >= 0.3 is 0 Å². The van der Waals surface area contributed by atoms with Crippen LogP contribution >= 0.6 is 11.8 Å². The maximum Gasteiger partial charge on any atom is 0.120 e. The van der Waals surface area contributed by atoms with Crippen molar-refractivity contribution in [3.63, 3.8) is 0 Å². The molecule has 0 aromatic heterocycles. The van der Waals surface area contributed by atoms with Gasteiger partial charge in [-0.25, -0.2) is 0 Å². The van der Waals surface area contributed by atoms with Crippen LogP contribution in [0.5, 0.6) is 5.75 Å². The van der Waals surface area contributed by atoms with E-state index in [0.29, 0.717) is 12.1 Å². The average Bonchev–Trinajstić information content (AvgIpc) is 2.65. The molecule has 16 heavy (non-hydrogen) atoms. The molecule has 1 aromatic carbocycles. The predicted molar refractivity (Wildman–Crippen MR) is 68.3 cm³/mol. The first-order valence-corrected chi connectivity index (χ1v) is 7.07. The van der Waals surface area contributed by atoms with Crippen molar-refractivity contribution in [1.29, 1.82) is 0 Å². The van der Waals surface area contributed by atoms with Gasteiger partial charge in [-0.05, 0) is 43.1 Å². The van der Waals surface area contributed by atoms with Crippen molar-refractivity contribution in [2.24, 2.45) is 0 Å². The van der Waals surface area contributed by atoms with Gasteiger partial charge in [0.2, 0.25) is 0 Å². The van der Waals surface area contributed by atoms with E-state index in [1.807, 2.05) is 18.8 Å². The molecule has 1 unspecified atom stereocenters. The van der Waals surface area contributed by atoms with Crippen molar-refractivity contribution in [2.75, 3.05) is 18.6 Å². The molecule has 3 rings (SSSR count). The van der Waals surface area contributed by atoms with E-state index < -0.39 is 0 Å². The van der Waals surface area contributed by atoms with Gasteiger partial charge in [-0.1, -0.05) is 6.07 Å². The third-order valence-electron chi connectivity index (χ3n) is 3.45. The van der Waals surface area contributed by atoms with Crippen LogP contribution in [0.15, 0.2) is 18.2 Å². The Morgan fingerprint density at radius 2 is 2.25 bits per heavy atom. The van der Waals surface area contributed by atoms with Crippen molar-refractivity contribution in [2.45, 2.75) is 25.0 Å². The van der Waals surface area contributed by atoms with E-state index in [9.17, 15) is 0 Å². The second-order valence-electron chi connectivity index (χ2n) is 4.52. The molecule has 1 saturated heterocycles. The molecule has 0 radical (unpaired) electrons. The smallest absolute Gasteiger partial charge is 0.120 e. The summed E-state index contributed by atoms with van der Waals surface area (Å²) in [5.74, 6) is 3.35. The maximum absolute atomic E-state index is 5.90. The summed E-state index contributed by atoms with van der Waals surface area (Å²) in [6, 6.07) is 7.13. The number of fused-ring (bicyclic) bond motifs is 1. The van der Waals surface area contributed by atoms with Gasteiger partial charge in [-0.3, -0.25) is 0 Å². The molecule has 0 bridgehead atoms. The van der Waals surface area contributed by atoms with Crippen LogP contribution in [0.25, 0.3) is 0 Å². The Labute approximate surface area is 101 Å². The molecular formula is C13H17NOS. The second-order valence-corrected chi connectivity index (χ2v) is 5.59. The number of benzene rings is 1. The summed E-state index contributed by atoms with van der Waals surface area (Å²) in [5, 5.41) is 3.36. The van der Waals surface area contributed by atoms with Gasteiger partial charge in [0.05, 0.1) is 0 Å². The summed E-state index contributed by atoms with van der Waals surface area (Å²) in [4.78, 5) is 0. The summed E-state index contributed by atoms with van der Waals surface area (Å²) >= 11 is 1.96. The monoisotopic (exact) mass is 235 g/mol. The zero-order valence-electron chi connectivity index (χ0n) is 9.53. The van der Waals surface area contributed by atoms with Gasteiger partial charge in [0.15, 0.2) is 0 Å². The summed E-state index contributed by atoms with van der Waals surface area (Å²) in [6.45, 7) is 0. The van der Waals surface area contributed by atoms with E-state index in [4.69, 9.17) is 4.74 Å². The molecule has 0 spiro atoms. The normalized spacial score (nSPS) is 23.9. The third kappa shape index (κ3) is 1.82. The minimum Gasteiger partial charge on any atom is -0.489 e. The molecule has 1 heterocycles. The molecule has 0 saturated carbocycles. The number of hydrogen-bond donors (Lipinski definition) is 1. The maximum atomic E-state index is 5.90. The van der Waals surface area contributed by atoms with Crippen molar-refractivity contribution < 1.29 is 4.74 Å². The number of aryl methyl sites for hydroxylation is 1. The first kappa shape index (κ1) is 10.5. The van der Waals surface area contributed by atoms with E-state index in [1.165, 1.54) is 24.0 Å². The number of nitrogens with one attached hydrogen (secondary N) is 1. The summed E-state index contributed by atoms with van der Waals surface area (Å²) < 4.78 is 5.90. The summed E-state index contributed by atoms with van der Waals surface area (Å²) in [5.41, 5.74) is 2.92. The SMILES string of the molecule is CNC1CCc2cc(OC3CSC3)ccc21. The van der Waals surface area contributed by atoms with Crippen molar-refractivity contribution in [3.05, 3.63) is 29.3 Å². The van der Waals surface area contributed by atoms with E-state index >= 15 is 0 Å². The zero-order valence-corrected chi connectivity index (χ0v) is 10.3. The lowest BCUT2D eigenvalue weighted by molar-refractivity contribution is 0.240. The molecule has 1 fully saturated rings. The molecular weight excluding hydrogens is 218 g/mol. The van der Waals surface area contributed by atoms with Crippen molar-refractivity contribution in [1.82, 2.24) is 5.32 Å². The van der Waals surface area contributed by atoms with E-state index in [0.717, 1.165) is 17.3 Å².